The van der Waals surface area contributed by atoms with E-state index < -0.39 is 17.7 Å². The Balaban J connectivity index is 1.62. The van der Waals surface area contributed by atoms with Crippen LogP contribution < -0.4 is 15.4 Å². The van der Waals surface area contributed by atoms with Crippen molar-refractivity contribution >= 4 is 17.2 Å². The third-order valence-electron chi connectivity index (χ3n) is 6.18. The molecule has 1 aliphatic heterocycles. The van der Waals surface area contributed by atoms with Gasteiger partial charge < -0.3 is 15.4 Å². The number of benzene rings is 3. The Kier molecular flexibility index (Phi) is 5.13. The molecule has 0 aromatic heterocycles. The number of para-hydroxylation sites is 2. The molecule has 0 bridgehead atoms. The van der Waals surface area contributed by atoms with Crippen LogP contribution in [0.15, 0.2) is 78.0 Å². The highest BCUT2D eigenvalue weighted by molar-refractivity contribution is 6.01. The number of nitrogens with one attached hydrogen (secondary N) is 2. The van der Waals surface area contributed by atoms with Crippen LogP contribution in [0.3, 0.4) is 0 Å². The first-order valence-corrected chi connectivity index (χ1v) is 10.5. The van der Waals surface area contributed by atoms with E-state index in [2.05, 4.69) is 10.6 Å². The number of hydrogen-bond donors (Lipinski definition) is 2. The number of halogens is 2. The molecular formula is C26H22F2N2O2. The summed E-state index contributed by atoms with van der Waals surface area (Å²) < 4.78 is 34.8. The van der Waals surface area contributed by atoms with Crippen LogP contribution in [-0.2, 0) is 4.79 Å². The van der Waals surface area contributed by atoms with Gasteiger partial charge >= 0.3 is 0 Å². The largest absolute Gasteiger partial charge is 0.497 e. The second kappa shape index (κ2) is 8.11. The number of hydrogen-bond acceptors (Lipinski definition) is 4. The zero-order valence-electron chi connectivity index (χ0n) is 17.5. The average molecular weight is 432 g/mol. The van der Waals surface area contributed by atoms with Gasteiger partial charge in [0.15, 0.2) is 5.78 Å². The molecule has 0 saturated carbocycles. The summed E-state index contributed by atoms with van der Waals surface area (Å²) in [4.78, 5) is 13.4. The third-order valence-corrected chi connectivity index (χ3v) is 6.18. The Morgan fingerprint density at radius 2 is 1.56 bits per heavy atom. The lowest BCUT2D eigenvalue weighted by Gasteiger charge is -2.30. The van der Waals surface area contributed by atoms with E-state index in [9.17, 15) is 13.6 Å². The topological polar surface area (TPSA) is 50.4 Å². The fourth-order valence-corrected chi connectivity index (χ4v) is 4.61. The zero-order chi connectivity index (χ0) is 22.2. The monoisotopic (exact) mass is 432 g/mol. The lowest BCUT2D eigenvalue weighted by molar-refractivity contribution is -0.116. The minimum Gasteiger partial charge on any atom is -0.497 e. The van der Waals surface area contributed by atoms with Crippen LogP contribution in [-0.4, -0.2) is 12.9 Å². The van der Waals surface area contributed by atoms with Gasteiger partial charge in [0, 0.05) is 17.7 Å². The molecule has 5 rings (SSSR count). The molecule has 0 saturated heterocycles. The molecule has 0 fully saturated rings. The summed E-state index contributed by atoms with van der Waals surface area (Å²) in [6.07, 6.45) is 0.813. The molecule has 3 aromatic rings. The summed E-state index contributed by atoms with van der Waals surface area (Å²) in [5, 5.41) is 6.60. The van der Waals surface area contributed by atoms with E-state index >= 15 is 0 Å². The van der Waals surface area contributed by atoms with E-state index in [1.54, 1.807) is 7.11 Å². The average Bonchev–Trinajstić information content (AvgIpc) is 2.96. The zero-order valence-corrected chi connectivity index (χ0v) is 17.5. The van der Waals surface area contributed by atoms with Crippen LogP contribution in [0.4, 0.5) is 20.2 Å². The van der Waals surface area contributed by atoms with Crippen molar-refractivity contribution in [2.24, 2.45) is 0 Å². The molecule has 0 amide bonds. The minimum absolute atomic E-state index is 0.0453. The van der Waals surface area contributed by atoms with Crippen LogP contribution in [0.25, 0.3) is 0 Å². The fourth-order valence-electron chi connectivity index (χ4n) is 4.61. The number of fused-ring (bicyclic) bond motifs is 1. The van der Waals surface area contributed by atoms with Gasteiger partial charge in [-0.1, -0.05) is 30.3 Å². The van der Waals surface area contributed by atoms with Gasteiger partial charge in [0.2, 0.25) is 0 Å². The molecule has 1 heterocycles. The van der Waals surface area contributed by atoms with Crippen molar-refractivity contribution in [2.75, 3.05) is 17.7 Å². The van der Waals surface area contributed by atoms with E-state index in [4.69, 9.17) is 4.74 Å². The van der Waals surface area contributed by atoms with E-state index in [0.29, 0.717) is 23.4 Å². The minimum atomic E-state index is -0.924. The SMILES string of the molecule is COc1ccc([C@@H]2CC(=O)C3=C(C2)Nc2ccccc2N[C@@H]3c2c(F)cccc2F)cc1. The number of allylic oxidation sites excluding steroid dienone is 1. The molecule has 1 aliphatic carbocycles. The second-order valence-corrected chi connectivity index (χ2v) is 8.08. The smallest absolute Gasteiger partial charge is 0.163 e. The maximum absolute atomic E-state index is 14.8. The molecule has 32 heavy (non-hydrogen) atoms. The first-order chi connectivity index (χ1) is 15.5. The van der Waals surface area contributed by atoms with Crippen molar-refractivity contribution in [3.63, 3.8) is 0 Å². The molecule has 2 aliphatic rings. The van der Waals surface area contributed by atoms with Gasteiger partial charge in [-0.2, -0.15) is 0 Å². The lowest BCUT2D eigenvalue weighted by Crippen LogP contribution is -2.28. The van der Waals surface area contributed by atoms with Crippen molar-refractivity contribution in [1.82, 2.24) is 0 Å². The van der Waals surface area contributed by atoms with Crippen LogP contribution in [0.5, 0.6) is 5.75 Å². The maximum Gasteiger partial charge on any atom is 0.163 e. The van der Waals surface area contributed by atoms with Crippen molar-refractivity contribution < 1.29 is 18.3 Å². The lowest BCUT2D eigenvalue weighted by atomic mass is 9.78. The highest BCUT2D eigenvalue weighted by Gasteiger charge is 2.38. The molecule has 6 heteroatoms. The van der Waals surface area contributed by atoms with E-state index in [1.165, 1.54) is 18.2 Å². The second-order valence-electron chi connectivity index (χ2n) is 8.08. The fraction of sp³-hybridized carbons (Fsp3) is 0.192. The highest BCUT2D eigenvalue weighted by Crippen LogP contribution is 2.45. The number of carbonyl (C=O) groups excluding carboxylic acids is 1. The summed E-state index contributed by atoms with van der Waals surface area (Å²) in [6, 6.07) is 17.9. The summed E-state index contributed by atoms with van der Waals surface area (Å²) in [5.74, 6) is -0.794. The van der Waals surface area contributed by atoms with Gasteiger partial charge in [-0.05, 0) is 54.3 Å². The van der Waals surface area contributed by atoms with Gasteiger partial charge in [-0.25, -0.2) is 8.78 Å². The molecule has 0 spiro atoms. The van der Waals surface area contributed by atoms with Crippen LogP contribution in [0, 0.1) is 11.6 Å². The number of Topliss-reactive ketones (excluding diaryl/α,β-unsaturated/α-hetero) is 1. The van der Waals surface area contributed by atoms with Crippen molar-refractivity contribution in [3.8, 4) is 5.75 Å². The predicted octanol–water partition coefficient (Wildman–Crippen LogP) is 5.95. The predicted molar refractivity (Wildman–Crippen MR) is 120 cm³/mol. The highest BCUT2D eigenvalue weighted by atomic mass is 19.1. The van der Waals surface area contributed by atoms with E-state index in [-0.39, 0.29) is 23.7 Å². The van der Waals surface area contributed by atoms with Gasteiger partial charge in [0.05, 0.1) is 30.1 Å². The summed E-state index contributed by atoms with van der Waals surface area (Å²) in [5.41, 5.74) is 3.40. The molecule has 2 atom stereocenters. The van der Waals surface area contributed by atoms with Crippen LogP contribution >= 0.6 is 0 Å². The number of methoxy groups -OCH3 is 1. The van der Waals surface area contributed by atoms with Crippen molar-refractivity contribution in [2.45, 2.75) is 24.8 Å². The molecule has 0 unspecified atom stereocenters. The van der Waals surface area contributed by atoms with Crippen LogP contribution in [0.1, 0.15) is 35.9 Å². The van der Waals surface area contributed by atoms with Gasteiger partial charge in [0.25, 0.3) is 0 Å². The number of rotatable bonds is 3. The summed E-state index contributed by atoms with van der Waals surface area (Å²) >= 11 is 0. The molecule has 4 nitrogen and oxygen atoms in total. The number of ether oxygens (including phenoxy) is 1. The Labute approximate surface area is 184 Å². The van der Waals surface area contributed by atoms with Crippen molar-refractivity contribution in [3.05, 3.63) is 101 Å². The summed E-state index contributed by atoms with van der Waals surface area (Å²) in [7, 11) is 1.61. The molecule has 0 radical (unpaired) electrons. The van der Waals surface area contributed by atoms with Gasteiger partial charge in [0.1, 0.15) is 17.4 Å². The van der Waals surface area contributed by atoms with Gasteiger partial charge in [-0.15, -0.1) is 0 Å². The Morgan fingerprint density at radius 3 is 2.25 bits per heavy atom. The molecular weight excluding hydrogens is 410 g/mol. The van der Waals surface area contributed by atoms with Crippen molar-refractivity contribution in [1.29, 1.82) is 0 Å². The Hall–Kier alpha value is -3.67. The van der Waals surface area contributed by atoms with E-state index in [1.807, 2.05) is 48.5 Å². The number of anilines is 2. The van der Waals surface area contributed by atoms with E-state index in [0.717, 1.165) is 17.0 Å². The molecule has 3 aromatic carbocycles. The maximum atomic E-state index is 14.8. The summed E-state index contributed by atoms with van der Waals surface area (Å²) in [6.45, 7) is 0. The molecule has 2 N–H and O–H groups in total. The molecule has 162 valence electrons. The standard InChI is InChI=1S/C26H22F2N2O2/c1-32-17-11-9-15(10-12-17)16-13-22-25(23(31)14-16)26(24-18(27)5-4-6-19(24)28)30-21-8-3-2-7-20(21)29-22/h2-12,16,26,29-30H,13-14H2,1H3/t16-,26+/m0/s1. The first kappa shape index (κ1) is 20.2. The quantitative estimate of drug-likeness (QED) is 0.537. The normalized spacial score (nSPS) is 19.9. The first-order valence-electron chi connectivity index (χ1n) is 10.5. The number of carbonyl (C=O) groups is 1. The van der Waals surface area contributed by atoms with Gasteiger partial charge in [-0.3, -0.25) is 4.79 Å². The third kappa shape index (κ3) is 3.51. The number of ketones is 1. The Morgan fingerprint density at radius 1 is 0.875 bits per heavy atom. The van der Waals surface area contributed by atoms with Crippen LogP contribution in [0.2, 0.25) is 0 Å². The Bertz CT molecular complexity index is 1200.